The number of fused-ring (bicyclic) bond motifs is 1. The Bertz CT molecular complexity index is 1360. The topological polar surface area (TPSA) is 124 Å². The Morgan fingerprint density at radius 3 is 2.69 bits per heavy atom. The summed E-state index contributed by atoms with van der Waals surface area (Å²) in [5, 5.41) is 8.96. The van der Waals surface area contributed by atoms with Gasteiger partial charge in [0, 0.05) is 48.4 Å². The van der Waals surface area contributed by atoms with Crippen molar-refractivity contribution in [2.24, 2.45) is 0 Å². The van der Waals surface area contributed by atoms with Crippen LogP contribution in [0.3, 0.4) is 0 Å². The minimum atomic E-state index is -0.356. The molecule has 4 heterocycles. The summed E-state index contributed by atoms with van der Waals surface area (Å²) in [4.78, 5) is 28.2. The monoisotopic (exact) mass is 472 g/mol. The fourth-order valence-electron chi connectivity index (χ4n) is 4.41. The van der Waals surface area contributed by atoms with Crippen LogP contribution in [-0.2, 0) is 13.1 Å². The first-order chi connectivity index (χ1) is 17.0. The van der Waals surface area contributed by atoms with Crippen molar-refractivity contribution in [2.75, 3.05) is 30.8 Å². The highest BCUT2D eigenvalue weighted by Gasteiger charge is 2.17. The van der Waals surface area contributed by atoms with Gasteiger partial charge in [-0.05, 0) is 37.5 Å². The van der Waals surface area contributed by atoms with Gasteiger partial charge in [0.1, 0.15) is 23.2 Å². The van der Waals surface area contributed by atoms with Gasteiger partial charge in [-0.3, -0.25) is 4.79 Å². The van der Waals surface area contributed by atoms with E-state index in [4.69, 9.17) is 10.5 Å². The molecule has 0 radical (unpaired) electrons. The summed E-state index contributed by atoms with van der Waals surface area (Å²) in [6, 6.07) is 9.68. The first-order valence-electron chi connectivity index (χ1n) is 11.6. The second kappa shape index (κ2) is 9.57. The normalized spacial score (nSPS) is 13.4. The minimum absolute atomic E-state index is 0.123. The molecule has 0 unspecified atom stereocenters. The zero-order valence-electron chi connectivity index (χ0n) is 19.9. The van der Waals surface area contributed by atoms with Crippen molar-refractivity contribution in [2.45, 2.75) is 32.9 Å². The summed E-state index contributed by atoms with van der Waals surface area (Å²) >= 11 is 0. The van der Waals surface area contributed by atoms with E-state index in [0.29, 0.717) is 23.9 Å². The average molecular weight is 473 g/mol. The number of anilines is 2. The Morgan fingerprint density at radius 1 is 1.11 bits per heavy atom. The van der Waals surface area contributed by atoms with E-state index in [1.165, 1.54) is 12.8 Å². The molecule has 4 aromatic rings. The number of aryl methyl sites for hydroxylation is 1. The van der Waals surface area contributed by atoms with Crippen LogP contribution in [-0.4, -0.2) is 50.8 Å². The lowest BCUT2D eigenvalue weighted by Gasteiger charge is -2.16. The predicted octanol–water partition coefficient (Wildman–Crippen LogP) is 2.70. The van der Waals surface area contributed by atoms with Crippen LogP contribution < -0.4 is 20.7 Å². The lowest BCUT2D eigenvalue weighted by Crippen LogP contribution is -2.24. The number of benzene rings is 1. The second-order valence-corrected chi connectivity index (χ2v) is 8.59. The molecule has 3 aromatic heterocycles. The number of rotatable bonds is 7. The van der Waals surface area contributed by atoms with Crippen molar-refractivity contribution >= 4 is 28.3 Å². The van der Waals surface area contributed by atoms with Gasteiger partial charge in [0.05, 0.1) is 13.7 Å². The molecule has 180 valence electrons. The minimum Gasteiger partial charge on any atom is -0.496 e. The van der Waals surface area contributed by atoms with Crippen molar-refractivity contribution in [1.29, 1.82) is 0 Å². The molecule has 5 rings (SSSR count). The highest BCUT2D eigenvalue weighted by atomic mass is 16.5. The number of carbonyl (C=O) groups excluding carboxylic acids is 1. The molecule has 10 nitrogen and oxygen atoms in total. The Kier molecular flexibility index (Phi) is 6.17. The number of nitrogens with zero attached hydrogens (tertiary/aromatic N) is 6. The molecular formula is C25H28N8O2. The molecule has 35 heavy (non-hydrogen) atoms. The second-order valence-electron chi connectivity index (χ2n) is 8.59. The van der Waals surface area contributed by atoms with Crippen molar-refractivity contribution in [3.63, 3.8) is 0 Å². The van der Waals surface area contributed by atoms with E-state index in [0.717, 1.165) is 40.8 Å². The highest BCUT2D eigenvalue weighted by Crippen LogP contribution is 2.31. The highest BCUT2D eigenvalue weighted by molar-refractivity contribution is 5.96. The number of pyridine rings is 2. The summed E-state index contributed by atoms with van der Waals surface area (Å²) in [5.74, 6) is 2.51. The van der Waals surface area contributed by atoms with Gasteiger partial charge >= 0.3 is 0 Å². The third-order valence-corrected chi connectivity index (χ3v) is 6.28. The Labute approximate surface area is 203 Å². The molecule has 1 aliphatic heterocycles. The third kappa shape index (κ3) is 4.59. The van der Waals surface area contributed by atoms with Gasteiger partial charge in [-0.25, -0.2) is 19.6 Å². The fraction of sp³-hybridized carbons (Fsp3) is 0.320. The van der Waals surface area contributed by atoms with E-state index in [1.54, 1.807) is 18.0 Å². The molecule has 1 aliphatic rings. The number of nitrogens with one attached hydrogen (secondary N) is 1. The number of amides is 1. The van der Waals surface area contributed by atoms with Crippen LogP contribution in [0.4, 0.5) is 11.6 Å². The van der Waals surface area contributed by atoms with Crippen LogP contribution in [0.1, 0.15) is 40.4 Å². The van der Waals surface area contributed by atoms with Crippen molar-refractivity contribution in [1.82, 2.24) is 30.0 Å². The summed E-state index contributed by atoms with van der Waals surface area (Å²) < 4.78 is 7.32. The van der Waals surface area contributed by atoms with Crippen molar-refractivity contribution in [3.8, 4) is 5.75 Å². The van der Waals surface area contributed by atoms with Crippen LogP contribution in [0.2, 0.25) is 0 Å². The Balaban J connectivity index is 1.26. The molecule has 10 heteroatoms. The maximum absolute atomic E-state index is 12.8. The summed E-state index contributed by atoms with van der Waals surface area (Å²) in [6.07, 6.45) is 5.93. The van der Waals surface area contributed by atoms with Crippen LogP contribution in [0.15, 0.2) is 42.7 Å². The number of hydrogen-bond donors (Lipinski definition) is 2. The average Bonchev–Trinajstić information content (AvgIpc) is 3.53. The Morgan fingerprint density at radius 2 is 1.94 bits per heavy atom. The van der Waals surface area contributed by atoms with Crippen molar-refractivity contribution in [3.05, 3.63) is 65.5 Å². The van der Waals surface area contributed by atoms with Gasteiger partial charge < -0.3 is 20.7 Å². The largest absolute Gasteiger partial charge is 0.496 e. The lowest BCUT2D eigenvalue weighted by molar-refractivity contribution is 0.0940. The quantitative estimate of drug-likeness (QED) is 0.421. The molecule has 3 N–H and O–H groups in total. The number of ether oxygens (including phenoxy) is 1. The molecule has 0 bridgehead atoms. The van der Waals surface area contributed by atoms with E-state index in [9.17, 15) is 4.79 Å². The number of nitrogen functional groups attached to an aromatic ring is 1. The third-order valence-electron chi connectivity index (χ3n) is 6.28. The summed E-state index contributed by atoms with van der Waals surface area (Å²) in [6.45, 7) is 4.70. The predicted molar refractivity (Wildman–Crippen MR) is 133 cm³/mol. The zero-order valence-corrected chi connectivity index (χ0v) is 19.9. The smallest absolute Gasteiger partial charge is 0.291 e. The van der Waals surface area contributed by atoms with Gasteiger partial charge in [0.25, 0.3) is 5.91 Å². The van der Waals surface area contributed by atoms with E-state index in [1.807, 2.05) is 37.4 Å². The molecule has 0 atom stereocenters. The molecule has 1 aromatic carbocycles. The molecule has 1 saturated heterocycles. The fourth-order valence-corrected chi connectivity index (χ4v) is 4.41. The van der Waals surface area contributed by atoms with Crippen molar-refractivity contribution < 1.29 is 9.53 Å². The Hall–Kier alpha value is -4.21. The van der Waals surface area contributed by atoms with Gasteiger partial charge in [0.2, 0.25) is 5.82 Å². The number of aromatic nitrogens is 5. The van der Waals surface area contributed by atoms with Crippen LogP contribution >= 0.6 is 0 Å². The lowest BCUT2D eigenvalue weighted by atomic mass is 10.1. The first kappa shape index (κ1) is 22.6. The molecular weight excluding hydrogens is 444 g/mol. The number of carbonyl (C=O) groups is 1. The maximum atomic E-state index is 12.8. The van der Waals surface area contributed by atoms with E-state index in [2.05, 4.69) is 36.3 Å². The first-order valence-corrected chi connectivity index (χ1v) is 11.6. The van der Waals surface area contributed by atoms with Gasteiger partial charge in [-0.15, -0.1) is 5.10 Å². The van der Waals surface area contributed by atoms with E-state index in [-0.39, 0.29) is 18.3 Å². The number of nitrogens with two attached hydrogens (primary N) is 1. The molecule has 1 amide bonds. The number of methoxy groups -OCH3 is 1. The van der Waals surface area contributed by atoms with E-state index < -0.39 is 0 Å². The summed E-state index contributed by atoms with van der Waals surface area (Å²) in [7, 11) is 1.59. The van der Waals surface area contributed by atoms with E-state index >= 15 is 0 Å². The molecule has 0 saturated carbocycles. The zero-order chi connectivity index (χ0) is 24.4. The van der Waals surface area contributed by atoms with Gasteiger partial charge in [-0.2, -0.15) is 0 Å². The van der Waals surface area contributed by atoms with Gasteiger partial charge in [-0.1, -0.05) is 18.2 Å². The molecule has 0 aliphatic carbocycles. The van der Waals surface area contributed by atoms with Crippen LogP contribution in [0.25, 0.3) is 10.8 Å². The number of hydrogen-bond acceptors (Lipinski definition) is 8. The SMILES string of the molecule is COc1c(CNC(=O)c2nc(C)n(Cc3ccc(N4CCCC4)nc3)n2)ccc2c(N)nccc12. The standard InChI is InChI=1S/C25H28N8O2/c1-16-30-24(31-33(16)15-17-5-8-21(28-13-17)32-11-3-4-12-32)25(34)29-14-18-6-7-20-19(22(18)35-2)9-10-27-23(20)26/h5-10,13H,3-4,11-12,14-15H2,1-2H3,(H2,26,27)(H,29,34). The maximum Gasteiger partial charge on any atom is 0.291 e. The summed E-state index contributed by atoms with van der Waals surface area (Å²) in [5.41, 5.74) is 7.80. The molecule has 1 fully saturated rings. The van der Waals surface area contributed by atoms with Crippen LogP contribution in [0, 0.1) is 6.92 Å². The molecule has 0 spiro atoms. The van der Waals surface area contributed by atoms with Crippen LogP contribution in [0.5, 0.6) is 5.75 Å². The van der Waals surface area contributed by atoms with Gasteiger partial charge in [0.15, 0.2) is 0 Å².